The first-order valence-electron chi connectivity index (χ1n) is 11.5. The average molecular weight is 535 g/mol. The number of rotatable bonds is 9. The zero-order valence-corrected chi connectivity index (χ0v) is 21.2. The molecule has 11 nitrogen and oxygen atoms in total. The van der Waals surface area contributed by atoms with Gasteiger partial charge in [0.15, 0.2) is 0 Å². The highest BCUT2D eigenvalue weighted by molar-refractivity contribution is 8.03. The van der Waals surface area contributed by atoms with Crippen LogP contribution in [0.15, 0.2) is 56.5 Å². The number of aliphatic carboxylic acids is 1. The number of oxazole rings is 1. The summed E-state index contributed by atoms with van der Waals surface area (Å²) >= 11 is 1.44. The third-order valence-electron chi connectivity index (χ3n) is 6.76. The standard InChI is InChI=1S/C23H26N4O7S2/c1-12-18-17(13(2)28)21(29)27(18)19(22(30)31)20(12)35-15-9-26(10-15)23-25-14(11-34-23)8-24-36(32,33)16-6-4-3-5-7-16/h3-7,11-13,15,17-18,24,28H,8-10H2,1-2H3,(H,30,31)/t12-,13-,17-,18-/m1/s1. The van der Waals surface area contributed by atoms with Crippen LogP contribution in [0.3, 0.4) is 0 Å². The van der Waals surface area contributed by atoms with E-state index in [1.807, 2.05) is 11.8 Å². The smallest absolute Gasteiger partial charge is 0.353 e. The molecule has 3 aliphatic heterocycles. The third kappa shape index (κ3) is 4.19. The molecule has 0 spiro atoms. The first-order valence-corrected chi connectivity index (χ1v) is 13.8. The van der Waals surface area contributed by atoms with Crippen LogP contribution in [-0.2, 0) is 26.2 Å². The summed E-state index contributed by atoms with van der Waals surface area (Å²) in [4.78, 5) is 32.8. The van der Waals surface area contributed by atoms with Gasteiger partial charge in [-0.1, -0.05) is 25.1 Å². The van der Waals surface area contributed by atoms with Crippen LogP contribution in [0.4, 0.5) is 6.01 Å². The third-order valence-corrected chi connectivity index (χ3v) is 9.63. The summed E-state index contributed by atoms with van der Waals surface area (Å²) in [6.45, 7) is 4.54. The monoisotopic (exact) mass is 534 g/mol. The summed E-state index contributed by atoms with van der Waals surface area (Å²) in [5.41, 5.74) is 0.454. The molecule has 3 aliphatic rings. The van der Waals surface area contributed by atoms with Crippen LogP contribution in [-0.4, -0.2) is 70.9 Å². The van der Waals surface area contributed by atoms with Crippen molar-refractivity contribution >= 4 is 39.7 Å². The van der Waals surface area contributed by atoms with E-state index in [9.17, 15) is 28.2 Å². The number of anilines is 1. The van der Waals surface area contributed by atoms with Gasteiger partial charge >= 0.3 is 5.97 Å². The summed E-state index contributed by atoms with van der Waals surface area (Å²) in [5, 5.41) is 19.8. The highest BCUT2D eigenvalue weighted by Gasteiger charge is 2.60. The number of carbonyl (C=O) groups is 2. The number of hydrogen-bond acceptors (Lipinski definition) is 9. The maximum absolute atomic E-state index is 12.5. The fourth-order valence-corrected chi connectivity index (χ4v) is 7.44. The van der Waals surface area contributed by atoms with E-state index in [1.54, 1.807) is 25.1 Å². The first-order chi connectivity index (χ1) is 17.1. The van der Waals surface area contributed by atoms with Crippen molar-refractivity contribution in [1.82, 2.24) is 14.6 Å². The van der Waals surface area contributed by atoms with Gasteiger partial charge in [-0.25, -0.2) is 17.9 Å². The predicted octanol–water partition coefficient (Wildman–Crippen LogP) is 1.23. The summed E-state index contributed by atoms with van der Waals surface area (Å²) in [7, 11) is -3.66. The molecule has 2 saturated heterocycles. The van der Waals surface area contributed by atoms with E-state index in [-0.39, 0.29) is 40.3 Å². The zero-order valence-electron chi connectivity index (χ0n) is 19.6. The van der Waals surface area contributed by atoms with Gasteiger partial charge < -0.3 is 24.4 Å². The minimum Gasteiger partial charge on any atom is -0.477 e. The summed E-state index contributed by atoms with van der Waals surface area (Å²) in [6.07, 6.45) is 0.566. The van der Waals surface area contributed by atoms with Crippen LogP contribution in [0.5, 0.6) is 0 Å². The molecule has 1 amide bonds. The van der Waals surface area contributed by atoms with Gasteiger partial charge in [0.25, 0.3) is 6.01 Å². The van der Waals surface area contributed by atoms with E-state index in [1.165, 1.54) is 35.1 Å². The number of β-lactam (4-membered cyclic amide) rings is 1. The van der Waals surface area contributed by atoms with Crippen LogP contribution < -0.4 is 9.62 Å². The molecule has 5 rings (SSSR count). The molecule has 0 saturated carbocycles. The number of aliphatic hydroxyl groups excluding tert-OH is 1. The molecule has 0 radical (unpaired) electrons. The lowest BCUT2D eigenvalue weighted by Crippen LogP contribution is -2.63. The van der Waals surface area contributed by atoms with Crippen molar-refractivity contribution in [3.05, 3.63) is 52.9 Å². The summed E-state index contributed by atoms with van der Waals surface area (Å²) < 4.78 is 32.8. The number of aromatic nitrogens is 1. The zero-order chi connectivity index (χ0) is 25.8. The van der Waals surface area contributed by atoms with Crippen LogP contribution in [0.25, 0.3) is 0 Å². The maximum atomic E-state index is 12.5. The molecule has 4 heterocycles. The Bertz CT molecular complexity index is 1320. The largest absolute Gasteiger partial charge is 0.477 e. The van der Waals surface area contributed by atoms with Gasteiger partial charge in [-0.15, -0.1) is 11.8 Å². The van der Waals surface area contributed by atoms with E-state index >= 15 is 0 Å². The van der Waals surface area contributed by atoms with E-state index in [4.69, 9.17) is 4.42 Å². The molecule has 2 fully saturated rings. The van der Waals surface area contributed by atoms with Gasteiger partial charge in [0.05, 0.1) is 35.2 Å². The Labute approximate surface area is 212 Å². The maximum Gasteiger partial charge on any atom is 0.353 e. The van der Waals surface area contributed by atoms with Crippen molar-refractivity contribution in [3.63, 3.8) is 0 Å². The van der Waals surface area contributed by atoms with Crippen molar-refractivity contribution in [1.29, 1.82) is 0 Å². The quantitative estimate of drug-likeness (QED) is 0.400. The number of aliphatic hydroxyl groups is 1. The molecule has 36 heavy (non-hydrogen) atoms. The molecular weight excluding hydrogens is 508 g/mol. The molecule has 1 aromatic heterocycles. The van der Waals surface area contributed by atoms with E-state index in [0.29, 0.717) is 29.7 Å². The average Bonchev–Trinajstić information content (AvgIpc) is 3.36. The van der Waals surface area contributed by atoms with Crippen molar-refractivity contribution in [2.75, 3.05) is 18.0 Å². The minimum absolute atomic E-state index is 0.0157. The number of nitrogens with one attached hydrogen (secondary N) is 1. The minimum atomic E-state index is -3.66. The SMILES string of the molecule is C[C@@H](O)[C@H]1C(=O)N2C(C(=O)O)=C(SC3CN(c4nc(CNS(=O)(=O)c5ccccc5)co4)C3)[C@H](C)[C@H]12. The Morgan fingerprint density at radius 1 is 1.31 bits per heavy atom. The lowest BCUT2D eigenvalue weighted by Gasteiger charge is -2.46. The van der Waals surface area contributed by atoms with E-state index in [2.05, 4.69) is 9.71 Å². The number of carbonyl (C=O) groups excluding carboxylic acids is 1. The fourth-order valence-electron chi connectivity index (χ4n) is 4.90. The fraction of sp³-hybridized carbons (Fsp3) is 0.435. The molecule has 192 valence electrons. The number of thioether (sulfide) groups is 1. The second kappa shape index (κ2) is 9.21. The Morgan fingerprint density at radius 3 is 2.64 bits per heavy atom. The highest BCUT2D eigenvalue weighted by Crippen LogP contribution is 2.52. The molecule has 4 atom stereocenters. The molecule has 13 heteroatoms. The number of carboxylic acid groups (broad SMARTS) is 1. The van der Waals surface area contributed by atoms with E-state index < -0.39 is 28.0 Å². The van der Waals surface area contributed by atoms with Crippen LogP contribution in [0, 0.1) is 11.8 Å². The number of amides is 1. The van der Waals surface area contributed by atoms with Gasteiger partial charge in [-0.05, 0) is 19.1 Å². The van der Waals surface area contributed by atoms with Crippen molar-refractivity contribution in [2.45, 2.75) is 42.7 Å². The Morgan fingerprint density at radius 2 is 2.00 bits per heavy atom. The number of nitrogens with zero attached hydrogens (tertiary/aromatic N) is 3. The molecule has 0 unspecified atom stereocenters. The number of carboxylic acids is 1. The highest BCUT2D eigenvalue weighted by atomic mass is 32.2. The Balaban J connectivity index is 1.19. The van der Waals surface area contributed by atoms with Crippen LogP contribution in [0.1, 0.15) is 19.5 Å². The topological polar surface area (TPSA) is 153 Å². The second-order valence-electron chi connectivity index (χ2n) is 9.18. The number of fused-ring (bicyclic) bond motifs is 1. The first kappa shape index (κ1) is 24.8. The Kier molecular flexibility index (Phi) is 6.35. The molecular formula is C23H26N4O7S2. The second-order valence-corrected chi connectivity index (χ2v) is 12.3. The summed E-state index contributed by atoms with van der Waals surface area (Å²) in [6, 6.07) is 8.07. The Hall–Kier alpha value is -2.87. The lowest BCUT2D eigenvalue weighted by atomic mass is 9.79. The van der Waals surface area contributed by atoms with Crippen molar-refractivity contribution < 1.29 is 32.6 Å². The van der Waals surface area contributed by atoms with Crippen molar-refractivity contribution in [2.24, 2.45) is 11.8 Å². The van der Waals surface area contributed by atoms with E-state index in [0.717, 1.165) is 0 Å². The van der Waals surface area contributed by atoms with Gasteiger partial charge in [0.1, 0.15) is 12.0 Å². The number of hydrogen-bond donors (Lipinski definition) is 3. The number of benzene rings is 1. The van der Waals surface area contributed by atoms with Gasteiger partial charge in [-0.3, -0.25) is 4.79 Å². The molecule has 0 bridgehead atoms. The summed E-state index contributed by atoms with van der Waals surface area (Å²) in [5.74, 6) is -2.26. The van der Waals surface area contributed by atoms with Gasteiger partial charge in [0.2, 0.25) is 15.9 Å². The normalized spacial score (nSPS) is 25.0. The van der Waals surface area contributed by atoms with Gasteiger partial charge in [0, 0.05) is 29.2 Å². The van der Waals surface area contributed by atoms with Crippen LogP contribution >= 0.6 is 11.8 Å². The number of sulfonamides is 1. The van der Waals surface area contributed by atoms with Crippen LogP contribution in [0.2, 0.25) is 0 Å². The van der Waals surface area contributed by atoms with Crippen molar-refractivity contribution in [3.8, 4) is 0 Å². The molecule has 2 aromatic rings. The lowest BCUT2D eigenvalue weighted by molar-refractivity contribution is -0.163. The molecule has 1 aromatic carbocycles. The molecule has 3 N–H and O–H groups in total. The molecule has 0 aliphatic carbocycles. The van der Waals surface area contributed by atoms with Gasteiger partial charge in [-0.2, -0.15) is 4.98 Å². The predicted molar refractivity (Wildman–Crippen MR) is 130 cm³/mol.